The fourth-order valence-electron chi connectivity index (χ4n) is 2.44. The van der Waals surface area contributed by atoms with Gasteiger partial charge in [-0.3, -0.25) is 10.1 Å². The van der Waals surface area contributed by atoms with E-state index in [1.807, 2.05) is 0 Å². The molecule has 0 saturated carbocycles. The third-order valence-corrected chi connectivity index (χ3v) is 4.78. The number of rotatable bonds is 4. The summed E-state index contributed by atoms with van der Waals surface area (Å²) >= 11 is 9.34. The quantitative estimate of drug-likeness (QED) is 0.516. The van der Waals surface area contributed by atoms with Gasteiger partial charge in [-0.25, -0.2) is 23.6 Å². The Morgan fingerprint density at radius 3 is 2.89 bits per heavy atom. The summed E-state index contributed by atoms with van der Waals surface area (Å²) in [6.07, 6.45) is 4.65. The highest BCUT2D eigenvalue weighted by Gasteiger charge is 2.19. The first-order chi connectivity index (χ1) is 13.0. The van der Waals surface area contributed by atoms with E-state index >= 15 is 0 Å². The van der Waals surface area contributed by atoms with E-state index in [0.717, 1.165) is 0 Å². The molecule has 4 aromatic rings. The summed E-state index contributed by atoms with van der Waals surface area (Å²) in [6.45, 7) is 0.0797. The van der Waals surface area contributed by atoms with Crippen molar-refractivity contribution in [1.29, 1.82) is 0 Å². The minimum absolute atomic E-state index is 0.0596. The minimum atomic E-state index is -0.506. The summed E-state index contributed by atoms with van der Waals surface area (Å²) in [5.41, 5.74) is 0.939. The smallest absolute Gasteiger partial charge is 0.279 e. The number of hydrogen-bond donors (Lipinski definition) is 1. The molecule has 0 unspecified atom stereocenters. The van der Waals surface area contributed by atoms with Crippen molar-refractivity contribution in [3.63, 3.8) is 0 Å². The SMILES string of the molecule is O=C(Nc1ncn(Cc2c(F)cccc2Cl)n1)c1nn2cccnc2c1Br. The van der Waals surface area contributed by atoms with Crippen LogP contribution in [-0.4, -0.2) is 35.3 Å². The van der Waals surface area contributed by atoms with Gasteiger partial charge in [0.1, 0.15) is 12.1 Å². The van der Waals surface area contributed by atoms with Crippen LogP contribution < -0.4 is 5.32 Å². The van der Waals surface area contributed by atoms with Gasteiger partial charge in [-0.2, -0.15) is 5.10 Å². The normalized spacial score (nSPS) is 11.1. The van der Waals surface area contributed by atoms with Crippen molar-refractivity contribution in [1.82, 2.24) is 29.4 Å². The maximum atomic E-state index is 13.9. The van der Waals surface area contributed by atoms with Crippen molar-refractivity contribution in [2.24, 2.45) is 0 Å². The summed E-state index contributed by atoms with van der Waals surface area (Å²) in [5, 5.41) is 11.1. The number of halogens is 3. The van der Waals surface area contributed by atoms with Crippen LogP contribution in [0.25, 0.3) is 5.65 Å². The second-order valence-electron chi connectivity index (χ2n) is 5.47. The first kappa shape index (κ1) is 17.6. The number of amides is 1. The first-order valence-electron chi connectivity index (χ1n) is 7.65. The molecule has 0 aliphatic heterocycles. The predicted octanol–water partition coefficient (Wildman–Crippen LogP) is 3.18. The van der Waals surface area contributed by atoms with Crippen LogP contribution in [0.5, 0.6) is 0 Å². The van der Waals surface area contributed by atoms with Crippen molar-refractivity contribution in [3.05, 3.63) is 69.6 Å². The Labute approximate surface area is 165 Å². The van der Waals surface area contributed by atoms with Gasteiger partial charge >= 0.3 is 0 Å². The van der Waals surface area contributed by atoms with Crippen LogP contribution in [0.3, 0.4) is 0 Å². The van der Waals surface area contributed by atoms with Crippen LogP contribution in [0.2, 0.25) is 5.02 Å². The van der Waals surface area contributed by atoms with Gasteiger partial charge in [0, 0.05) is 23.0 Å². The van der Waals surface area contributed by atoms with E-state index in [-0.39, 0.29) is 28.8 Å². The number of nitrogens with one attached hydrogen (secondary N) is 1. The monoisotopic (exact) mass is 449 g/mol. The highest BCUT2D eigenvalue weighted by molar-refractivity contribution is 9.10. The average Bonchev–Trinajstić information content (AvgIpc) is 3.23. The van der Waals surface area contributed by atoms with Crippen LogP contribution in [-0.2, 0) is 6.54 Å². The first-order valence-corrected chi connectivity index (χ1v) is 8.82. The van der Waals surface area contributed by atoms with Gasteiger partial charge < -0.3 is 0 Å². The third kappa shape index (κ3) is 3.40. The second kappa shape index (κ2) is 7.05. The fraction of sp³-hybridized carbons (Fsp3) is 0.0625. The van der Waals surface area contributed by atoms with Gasteiger partial charge in [-0.05, 0) is 34.1 Å². The molecule has 3 aromatic heterocycles. The van der Waals surface area contributed by atoms with E-state index in [1.165, 1.54) is 27.7 Å². The highest BCUT2D eigenvalue weighted by atomic mass is 79.9. The number of hydrogen-bond acceptors (Lipinski definition) is 5. The Hall–Kier alpha value is -2.85. The molecule has 0 fully saturated rings. The van der Waals surface area contributed by atoms with E-state index in [4.69, 9.17) is 11.6 Å². The zero-order valence-corrected chi connectivity index (χ0v) is 15.8. The van der Waals surface area contributed by atoms with Crippen molar-refractivity contribution in [2.45, 2.75) is 6.54 Å². The molecule has 0 bridgehead atoms. The number of anilines is 1. The molecule has 1 amide bonds. The summed E-state index contributed by atoms with van der Waals surface area (Å²) in [6, 6.07) is 6.13. The molecule has 0 saturated heterocycles. The molecule has 136 valence electrons. The lowest BCUT2D eigenvalue weighted by atomic mass is 10.2. The number of carbonyl (C=O) groups excluding carboxylic acids is 1. The fourth-order valence-corrected chi connectivity index (χ4v) is 3.20. The molecule has 4 rings (SSSR count). The van der Waals surface area contributed by atoms with Crippen LogP contribution >= 0.6 is 27.5 Å². The van der Waals surface area contributed by atoms with Gasteiger partial charge in [0.2, 0.25) is 5.95 Å². The van der Waals surface area contributed by atoms with Crippen LogP contribution in [0.15, 0.2) is 47.5 Å². The molecular formula is C16H10BrClFN7O. The molecule has 0 spiro atoms. The lowest BCUT2D eigenvalue weighted by Gasteiger charge is -2.05. The summed E-state index contributed by atoms with van der Waals surface area (Å²) in [4.78, 5) is 20.6. The lowest BCUT2D eigenvalue weighted by Crippen LogP contribution is -2.15. The number of nitrogens with zero attached hydrogens (tertiary/aromatic N) is 6. The number of fused-ring (bicyclic) bond motifs is 1. The maximum absolute atomic E-state index is 13.9. The molecule has 27 heavy (non-hydrogen) atoms. The van der Waals surface area contributed by atoms with E-state index in [9.17, 15) is 9.18 Å². The Balaban J connectivity index is 1.53. The lowest BCUT2D eigenvalue weighted by molar-refractivity contribution is 0.102. The minimum Gasteiger partial charge on any atom is -0.288 e. The topological polar surface area (TPSA) is 90.0 Å². The maximum Gasteiger partial charge on any atom is 0.279 e. The molecule has 0 aliphatic carbocycles. The van der Waals surface area contributed by atoms with E-state index in [1.54, 1.807) is 24.5 Å². The molecule has 0 atom stereocenters. The summed E-state index contributed by atoms with van der Waals surface area (Å²) in [5.74, 6) is -0.886. The average molecular weight is 451 g/mol. The molecule has 0 aliphatic rings. The van der Waals surface area contributed by atoms with Gasteiger partial charge in [0.15, 0.2) is 11.3 Å². The number of benzene rings is 1. The number of carbonyl (C=O) groups is 1. The molecule has 1 aromatic carbocycles. The predicted molar refractivity (Wildman–Crippen MR) is 99.2 cm³/mol. The molecule has 0 radical (unpaired) electrons. The summed E-state index contributed by atoms with van der Waals surface area (Å²) in [7, 11) is 0. The zero-order chi connectivity index (χ0) is 19.0. The largest absolute Gasteiger partial charge is 0.288 e. The van der Waals surface area contributed by atoms with Crippen LogP contribution in [0, 0.1) is 5.82 Å². The Morgan fingerprint density at radius 2 is 2.11 bits per heavy atom. The van der Waals surface area contributed by atoms with E-state index < -0.39 is 11.7 Å². The van der Waals surface area contributed by atoms with Crippen molar-refractivity contribution >= 4 is 45.0 Å². The Kier molecular flexibility index (Phi) is 4.58. The molecule has 1 N–H and O–H groups in total. The van der Waals surface area contributed by atoms with Crippen molar-refractivity contribution in [3.8, 4) is 0 Å². The molecule has 11 heteroatoms. The zero-order valence-electron chi connectivity index (χ0n) is 13.5. The van der Waals surface area contributed by atoms with Gasteiger partial charge in [0.05, 0.1) is 11.0 Å². The molecular weight excluding hydrogens is 441 g/mol. The second-order valence-corrected chi connectivity index (χ2v) is 6.67. The van der Waals surface area contributed by atoms with Crippen LogP contribution in [0.4, 0.5) is 10.3 Å². The summed E-state index contributed by atoms with van der Waals surface area (Å²) < 4.78 is 17.2. The van der Waals surface area contributed by atoms with Gasteiger partial charge in [0.25, 0.3) is 5.91 Å². The molecule has 3 heterocycles. The Bertz CT molecular complexity index is 1140. The van der Waals surface area contributed by atoms with Gasteiger partial charge in [-0.15, -0.1) is 5.10 Å². The van der Waals surface area contributed by atoms with E-state index in [2.05, 4.69) is 41.4 Å². The molecule has 8 nitrogen and oxygen atoms in total. The highest BCUT2D eigenvalue weighted by Crippen LogP contribution is 2.22. The standard InChI is InChI=1S/C16H10BrClFN7O/c17-12-13(23-26-6-2-5-20-14(12)26)15(27)22-16-21-8-25(24-16)7-9-10(18)3-1-4-11(9)19/h1-6,8H,7H2,(H,22,24,27). The Morgan fingerprint density at radius 1 is 1.26 bits per heavy atom. The van der Waals surface area contributed by atoms with Crippen LogP contribution in [0.1, 0.15) is 16.1 Å². The van der Waals surface area contributed by atoms with Gasteiger partial charge in [-0.1, -0.05) is 17.7 Å². The number of aromatic nitrogens is 6. The van der Waals surface area contributed by atoms with E-state index in [0.29, 0.717) is 10.1 Å². The van der Waals surface area contributed by atoms with Crippen molar-refractivity contribution in [2.75, 3.05) is 5.32 Å². The third-order valence-electron chi connectivity index (χ3n) is 3.70. The van der Waals surface area contributed by atoms with Crippen molar-refractivity contribution < 1.29 is 9.18 Å².